The first-order valence-electron chi connectivity index (χ1n) is 7.81. The second-order valence-electron chi connectivity index (χ2n) is 5.56. The predicted molar refractivity (Wildman–Crippen MR) is 101 cm³/mol. The third kappa shape index (κ3) is 3.60. The maximum atomic E-state index is 12.7. The van der Waals surface area contributed by atoms with Crippen molar-refractivity contribution in [2.24, 2.45) is 0 Å². The number of halogens is 1. The monoisotopic (exact) mass is 369 g/mol. The molecule has 0 unspecified atom stereocenters. The Morgan fingerprint density at radius 3 is 2.54 bits per heavy atom. The molecule has 2 aromatic carbocycles. The molecule has 26 heavy (non-hydrogen) atoms. The number of benzene rings is 2. The highest BCUT2D eigenvalue weighted by atomic mass is 35.5. The molecule has 6 nitrogen and oxygen atoms in total. The molecule has 0 saturated carbocycles. The Hall–Kier alpha value is -3.12. The molecule has 0 fully saturated rings. The van der Waals surface area contributed by atoms with Crippen LogP contribution in [-0.2, 0) is 0 Å². The Balaban J connectivity index is 2.01. The summed E-state index contributed by atoms with van der Waals surface area (Å²) in [6.07, 6.45) is 0. The number of hydrogen-bond donors (Lipinski definition) is 1. The number of rotatable bonds is 4. The Labute approximate surface area is 155 Å². The summed E-state index contributed by atoms with van der Waals surface area (Å²) in [7, 11) is 1.38. The normalized spacial score (nSPS) is 10.4. The van der Waals surface area contributed by atoms with Crippen LogP contribution in [0, 0.1) is 6.92 Å². The van der Waals surface area contributed by atoms with Crippen LogP contribution in [0.2, 0.25) is 5.02 Å². The van der Waals surface area contributed by atoms with Gasteiger partial charge in [0.2, 0.25) is 0 Å². The summed E-state index contributed by atoms with van der Waals surface area (Å²) >= 11 is 6.09. The number of amides is 1. The maximum absolute atomic E-state index is 12.7. The third-order valence-electron chi connectivity index (χ3n) is 3.76. The largest absolute Gasteiger partial charge is 0.494 e. The van der Waals surface area contributed by atoms with Crippen LogP contribution in [0.5, 0.6) is 5.75 Å². The zero-order valence-electron chi connectivity index (χ0n) is 14.2. The first-order valence-corrected chi connectivity index (χ1v) is 8.18. The van der Waals surface area contributed by atoms with Crippen molar-refractivity contribution in [1.82, 2.24) is 9.78 Å². The Morgan fingerprint density at radius 2 is 1.88 bits per heavy atom. The molecule has 1 aromatic heterocycles. The molecule has 132 valence electrons. The van der Waals surface area contributed by atoms with Crippen molar-refractivity contribution in [3.05, 3.63) is 81.2 Å². The fourth-order valence-electron chi connectivity index (χ4n) is 2.37. The summed E-state index contributed by atoms with van der Waals surface area (Å²) in [6.45, 7) is 1.87. The molecule has 3 aromatic rings. The van der Waals surface area contributed by atoms with Crippen molar-refractivity contribution in [3.8, 4) is 11.4 Å². The van der Waals surface area contributed by atoms with Crippen LogP contribution in [-0.4, -0.2) is 22.8 Å². The summed E-state index contributed by atoms with van der Waals surface area (Å²) in [5, 5.41) is 7.44. The molecule has 1 N–H and O–H groups in total. The topological polar surface area (TPSA) is 73.2 Å². The number of hydrogen-bond acceptors (Lipinski definition) is 4. The highest BCUT2D eigenvalue weighted by Gasteiger charge is 2.18. The van der Waals surface area contributed by atoms with Gasteiger partial charge < -0.3 is 10.1 Å². The predicted octanol–water partition coefficient (Wildman–Crippen LogP) is 3.46. The molecule has 0 bridgehead atoms. The number of carbonyl (C=O) groups is 1. The van der Waals surface area contributed by atoms with Crippen molar-refractivity contribution in [2.75, 3.05) is 12.4 Å². The van der Waals surface area contributed by atoms with Crippen molar-refractivity contribution in [1.29, 1.82) is 0 Å². The highest BCUT2D eigenvalue weighted by molar-refractivity contribution is 6.31. The Morgan fingerprint density at radius 1 is 1.15 bits per heavy atom. The van der Waals surface area contributed by atoms with E-state index in [-0.39, 0.29) is 11.4 Å². The minimum Gasteiger partial charge on any atom is -0.494 e. The second-order valence-corrected chi connectivity index (χ2v) is 5.97. The zero-order valence-corrected chi connectivity index (χ0v) is 14.9. The van der Waals surface area contributed by atoms with Gasteiger partial charge in [-0.15, -0.1) is 0 Å². The number of nitrogens with zero attached hydrogens (tertiary/aromatic N) is 2. The SMILES string of the molecule is COc1cc(=O)n(-c2ccccc2)nc1C(=O)Nc1ccc(C)c(Cl)c1. The van der Waals surface area contributed by atoms with E-state index in [0.29, 0.717) is 16.4 Å². The molecule has 0 spiro atoms. The number of aromatic nitrogens is 2. The molecule has 0 aliphatic carbocycles. The van der Waals surface area contributed by atoms with Crippen LogP contribution >= 0.6 is 11.6 Å². The molecule has 1 amide bonds. The number of anilines is 1. The molecular formula is C19H16ClN3O3. The lowest BCUT2D eigenvalue weighted by Gasteiger charge is -2.12. The maximum Gasteiger partial charge on any atom is 0.280 e. The van der Waals surface area contributed by atoms with Crippen LogP contribution in [0.15, 0.2) is 59.4 Å². The minimum atomic E-state index is -0.508. The van der Waals surface area contributed by atoms with Gasteiger partial charge in [0.1, 0.15) is 0 Å². The molecule has 1 heterocycles. The molecule has 0 aliphatic rings. The lowest BCUT2D eigenvalue weighted by molar-refractivity contribution is 0.101. The van der Waals surface area contributed by atoms with Crippen molar-refractivity contribution in [3.63, 3.8) is 0 Å². The molecule has 3 rings (SSSR count). The van der Waals surface area contributed by atoms with Gasteiger partial charge in [0, 0.05) is 10.7 Å². The molecule has 7 heteroatoms. The van der Waals surface area contributed by atoms with E-state index >= 15 is 0 Å². The van der Waals surface area contributed by atoms with E-state index in [0.717, 1.165) is 10.2 Å². The summed E-state index contributed by atoms with van der Waals surface area (Å²) in [5.41, 5.74) is 1.56. The van der Waals surface area contributed by atoms with Gasteiger partial charge in [-0.2, -0.15) is 9.78 Å². The average Bonchev–Trinajstić information content (AvgIpc) is 2.65. The van der Waals surface area contributed by atoms with Crippen LogP contribution in [0.1, 0.15) is 16.1 Å². The first-order chi connectivity index (χ1) is 12.5. The van der Waals surface area contributed by atoms with E-state index in [1.54, 1.807) is 42.5 Å². The van der Waals surface area contributed by atoms with Gasteiger partial charge in [-0.1, -0.05) is 35.9 Å². The quantitative estimate of drug-likeness (QED) is 0.764. The van der Waals surface area contributed by atoms with Crippen LogP contribution < -0.4 is 15.6 Å². The fraction of sp³-hybridized carbons (Fsp3) is 0.105. The molecular weight excluding hydrogens is 354 g/mol. The van der Waals surface area contributed by atoms with E-state index in [9.17, 15) is 9.59 Å². The molecule has 0 aliphatic heterocycles. The Kier molecular flexibility index (Phi) is 5.04. The Bertz CT molecular complexity index is 1020. The third-order valence-corrected chi connectivity index (χ3v) is 4.17. The minimum absolute atomic E-state index is 0.00681. The standard InChI is InChI=1S/C19H16ClN3O3/c1-12-8-9-13(10-15(12)20)21-19(25)18-16(26-2)11-17(24)23(22-18)14-6-4-3-5-7-14/h3-11H,1-2H3,(H,21,25). The number of carbonyl (C=O) groups excluding carboxylic acids is 1. The van der Waals surface area contributed by atoms with Gasteiger partial charge in [0.25, 0.3) is 11.5 Å². The number of methoxy groups -OCH3 is 1. The summed E-state index contributed by atoms with van der Waals surface area (Å²) < 4.78 is 6.31. The van der Waals surface area contributed by atoms with E-state index < -0.39 is 11.5 Å². The van der Waals surface area contributed by atoms with E-state index in [4.69, 9.17) is 16.3 Å². The lowest BCUT2D eigenvalue weighted by Crippen LogP contribution is -2.26. The summed E-state index contributed by atoms with van der Waals surface area (Å²) in [6, 6.07) is 15.2. The van der Waals surface area contributed by atoms with E-state index in [1.165, 1.54) is 13.2 Å². The molecule has 0 radical (unpaired) electrons. The number of aryl methyl sites for hydroxylation is 1. The van der Waals surface area contributed by atoms with Crippen LogP contribution in [0.4, 0.5) is 5.69 Å². The number of para-hydroxylation sites is 1. The highest BCUT2D eigenvalue weighted by Crippen LogP contribution is 2.21. The number of ether oxygens (including phenoxy) is 1. The van der Waals surface area contributed by atoms with Gasteiger partial charge in [-0.3, -0.25) is 9.59 Å². The first kappa shape index (κ1) is 17.7. The van der Waals surface area contributed by atoms with Crippen LogP contribution in [0.25, 0.3) is 5.69 Å². The number of nitrogens with one attached hydrogen (secondary N) is 1. The van der Waals surface area contributed by atoms with E-state index in [2.05, 4.69) is 10.4 Å². The smallest absolute Gasteiger partial charge is 0.280 e. The van der Waals surface area contributed by atoms with E-state index in [1.807, 2.05) is 13.0 Å². The van der Waals surface area contributed by atoms with Crippen molar-refractivity contribution >= 4 is 23.2 Å². The summed E-state index contributed by atoms with van der Waals surface area (Å²) in [5.74, 6) is -0.413. The van der Waals surface area contributed by atoms with Crippen molar-refractivity contribution < 1.29 is 9.53 Å². The van der Waals surface area contributed by atoms with Gasteiger partial charge in [-0.05, 0) is 36.8 Å². The van der Waals surface area contributed by atoms with Gasteiger partial charge in [0.15, 0.2) is 11.4 Å². The van der Waals surface area contributed by atoms with Gasteiger partial charge >= 0.3 is 0 Å². The van der Waals surface area contributed by atoms with Gasteiger partial charge in [0.05, 0.1) is 18.9 Å². The second kappa shape index (κ2) is 7.41. The van der Waals surface area contributed by atoms with Gasteiger partial charge in [-0.25, -0.2) is 0 Å². The zero-order chi connectivity index (χ0) is 18.7. The van der Waals surface area contributed by atoms with Crippen molar-refractivity contribution in [2.45, 2.75) is 6.92 Å². The van der Waals surface area contributed by atoms with Crippen LogP contribution in [0.3, 0.4) is 0 Å². The molecule has 0 atom stereocenters. The fourth-order valence-corrected chi connectivity index (χ4v) is 2.55. The average molecular weight is 370 g/mol. The molecule has 0 saturated heterocycles. The lowest BCUT2D eigenvalue weighted by atomic mass is 10.2. The summed E-state index contributed by atoms with van der Waals surface area (Å²) in [4.78, 5) is 25.0.